The number of hydrogen-bond acceptors (Lipinski definition) is 6. The summed E-state index contributed by atoms with van der Waals surface area (Å²) in [5, 5.41) is 6.09. The average molecular weight is 295 g/mol. The first-order chi connectivity index (χ1) is 10.1. The molecule has 2 amide bonds. The molecule has 1 fully saturated rings. The van der Waals surface area contributed by atoms with Gasteiger partial charge in [-0.05, 0) is 6.54 Å². The normalized spacial score (nSPS) is 16.8. The second-order valence-electron chi connectivity index (χ2n) is 5.04. The molecule has 0 aromatic carbocycles. The van der Waals surface area contributed by atoms with Gasteiger partial charge in [0.25, 0.3) is 5.91 Å². The number of carbonyl (C=O) groups is 2. The van der Waals surface area contributed by atoms with Crippen molar-refractivity contribution in [3.63, 3.8) is 0 Å². The first kappa shape index (κ1) is 15.5. The lowest BCUT2D eigenvalue weighted by Gasteiger charge is -2.33. The van der Waals surface area contributed by atoms with E-state index in [-0.39, 0.29) is 12.2 Å². The third kappa shape index (κ3) is 4.54. The van der Waals surface area contributed by atoms with E-state index >= 15 is 0 Å². The topological polar surface area (TPSA) is 105 Å². The smallest absolute Gasteiger partial charge is 0.273 e. The standard InChI is InChI=1S/C13H21N5O3/c1-2-17-3-5-18(6-4-17)9-10-7-11(16-21-10)13(20)15-8-12(14)19/h7H,2-6,8-9H2,1H3,(H2,14,19)(H,15,20). The molecule has 0 saturated carbocycles. The van der Waals surface area contributed by atoms with Crippen molar-refractivity contribution in [1.29, 1.82) is 0 Å². The summed E-state index contributed by atoms with van der Waals surface area (Å²) in [7, 11) is 0. The van der Waals surface area contributed by atoms with Gasteiger partial charge in [-0.15, -0.1) is 0 Å². The molecular weight excluding hydrogens is 274 g/mol. The minimum Gasteiger partial charge on any atom is -0.368 e. The van der Waals surface area contributed by atoms with Gasteiger partial charge in [0, 0.05) is 32.2 Å². The zero-order chi connectivity index (χ0) is 15.2. The van der Waals surface area contributed by atoms with E-state index in [1.807, 2.05) is 0 Å². The molecule has 0 bridgehead atoms. The molecule has 1 aromatic heterocycles. The Morgan fingerprint density at radius 2 is 2.00 bits per heavy atom. The van der Waals surface area contributed by atoms with Gasteiger partial charge in [0.2, 0.25) is 5.91 Å². The minimum absolute atomic E-state index is 0.165. The highest BCUT2D eigenvalue weighted by molar-refractivity contribution is 5.94. The second-order valence-corrected chi connectivity index (χ2v) is 5.04. The molecule has 8 nitrogen and oxygen atoms in total. The summed E-state index contributed by atoms with van der Waals surface area (Å²) in [5.41, 5.74) is 5.13. The van der Waals surface area contributed by atoms with Gasteiger partial charge in [-0.25, -0.2) is 0 Å². The number of rotatable bonds is 6. The van der Waals surface area contributed by atoms with Crippen molar-refractivity contribution < 1.29 is 14.1 Å². The largest absolute Gasteiger partial charge is 0.368 e. The molecule has 2 rings (SSSR count). The van der Waals surface area contributed by atoms with E-state index in [4.69, 9.17) is 10.3 Å². The summed E-state index contributed by atoms with van der Waals surface area (Å²) in [5.74, 6) is -0.412. The predicted octanol–water partition coefficient (Wildman–Crippen LogP) is -0.973. The number of hydrogen-bond donors (Lipinski definition) is 2. The van der Waals surface area contributed by atoms with Gasteiger partial charge in [0.15, 0.2) is 11.5 Å². The van der Waals surface area contributed by atoms with Gasteiger partial charge >= 0.3 is 0 Å². The molecule has 116 valence electrons. The molecule has 1 saturated heterocycles. The number of primary amides is 1. The van der Waals surface area contributed by atoms with Crippen LogP contribution in [0.4, 0.5) is 0 Å². The van der Waals surface area contributed by atoms with Crippen molar-refractivity contribution in [2.45, 2.75) is 13.5 Å². The fraction of sp³-hybridized carbons (Fsp3) is 0.615. The molecule has 0 unspecified atom stereocenters. The van der Waals surface area contributed by atoms with E-state index in [1.54, 1.807) is 6.07 Å². The molecule has 8 heteroatoms. The average Bonchev–Trinajstić information content (AvgIpc) is 2.94. The highest BCUT2D eigenvalue weighted by Crippen LogP contribution is 2.10. The van der Waals surface area contributed by atoms with Crippen molar-refractivity contribution in [2.75, 3.05) is 39.3 Å². The zero-order valence-corrected chi connectivity index (χ0v) is 12.2. The Hall–Kier alpha value is -1.93. The van der Waals surface area contributed by atoms with Gasteiger partial charge in [-0.3, -0.25) is 14.5 Å². The van der Waals surface area contributed by atoms with Crippen LogP contribution in [0.25, 0.3) is 0 Å². The van der Waals surface area contributed by atoms with Gasteiger partial charge in [-0.2, -0.15) is 0 Å². The maximum absolute atomic E-state index is 11.7. The van der Waals surface area contributed by atoms with Crippen LogP contribution in [0.1, 0.15) is 23.2 Å². The van der Waals surface area contributed by atoms with Crippen LogP contribution in [0.5, 0.6) is 0 Å². The first-order valence-corrected chi connectivity index (χ1v) is 7.05. The molecule has 0 aliphatic carbocycles. The van der Waals surface area contributed by atoms with E-state index in [2.05, 4.69) is 27.2 Å². The number of piperazine rings is 1. The van der Waals surface area contributed by atoms with Crippen LogP contribution >= 0.6 is 0 Å². The summed E-state index contributed by atoms with van der Waals surface area (Å²) in [6, 6.07) is 1.60. The molecule has 0 radical (unpaired) electrons. The van der Waals surface area contributed by atoms with Crippen LogP contribution in [-0.4, -0.2) is 66.0 Å². The van der Waals surface area contributed by atoms with Gasteiger partial charge in [-0.1, -0.05) is 12.1 Å². The van der Waals surface area contributed by atoms with Crippen LogP contribution in [0.2, 0.25) is 0 Å². The van der Waals surface area contributed by atoms with Crippen LogP contribution in [0.3, 0.4) is 0 Å². The van der Waals surface area contributed by atoms with Crippen molar-refractivity contribution in [1.82, 2.24) is 20.3 Å². The van der Waals surface area contributed by atoms with Crippen molar-refractivity contribution in [3.05, 3.63) is 17.5 Å². The maximum atomic E-state index is 11.7. The fourth-order valence-electron chi connectivity index (χ4n) is 2.24. The number of likely N-dealkylation sites (N-methyl/N-ethyl adjacent to an activating group) is 1. The van der Waals surface area contributed by atoms with Crippen molar-refractivity contribution in [2.24, 2.45) is 5.73 Å². The lowest BCUT2D eigenvalue weighted by atomic mass is 10.3. The van der Waals surface area contributed by atoms with E-state index in [9.17, 15) is 9.59 Å². The number of nitrogens with one attached hydrogen (secondary N) is 1. The Balaban J connectivity index is 1.83. The number of carbonyl (C=O) groups excluding carboxylic acids is 2. The molecular formula is C13H21N5O3. The lowest BCUT2D eigenvalue weighted by molar-refractivity contribution is -0.117. The highest BCUT2D eigenvalue weighted by atomic mass is 16.5. The summed E-state index contributed by atoms with van der Waals surface area (Å²) >= 11 is 0. The molecule has 2 heterocycles. The number of nitrogens with zero attached hydrogens (tertiary/aromatic N) is 3. The summed E-state index contributed by atoms with van der Waals surface area (Å²) < 4.78 is 5.17. The molecule has 3 N–H and O–H groups in total. The Labute approximate surface area is 123 Å². The Kier molecular flexibility index (Phi) is 5.29. The van der Waals surface area contributed by atoms with E-state index in [0.29, 0.717) is 12.3 Å². The second kappa shape index (κ2) is 7.19. The monoisotopic (exact) mass is 295 g/mol. The van der Waals surface area contributed by atoms with Crippen molar-refractivity contribution in [3.8, 4) is 0 Å². The summed E-state index contributed by atoms with van der Waals surface area (Å²) in [4.78, 5) is 26.9. The quantitative estimate of drug-likeness (QED) is 0.699. The Bertz CT molecular complexity index is 494. The van der Waals surface area contributed by atoms with Crippen LogP contribution in [-0.2, 0) is 11.3 Å². The number of aromatic nitrogens is 1. The summed E-state index contributed by atoms with van der Waals surface area (Å²) in [6.45, 7) is 7.67. The molecule has 1 aliphatic rings. The predicted molar refractivity (Wildman–Crippen MR) is 75.4 cm³/mol. The van der Waals surface area contributed by atoms with Gasteiger partial charge in [0.1, 0.15) is 0 Å². The SMILES string of the molecule is CCN1CCN(Cc2cc(C(=O)NCC(N)=O)no2)CC1. The first-order valence-electron chi connectivity index (χ1n) is 7.05. The van der Waals surface area contributed by atoms with Crippen LogP contribution < -0.4 is 11.1 Å². The van der Waals surface area contributed by atoms with Gasteiger partial charge < -0.3 is 20.5 Å². The number of nitrogens with two attached hydrogens (primary N) is 1. The minimum atomic E-state index is -0.596. The Morgan fingerprint density at radius 1 is 1.33 bits per heavy atom. The molecule has 0 spiro atoms. The zero-order valence-electron chi connectivity index (χ0n) is 12.2. The van der Waals surface area contributed by atoms with Crippen molar-refractivity contribution >= 4 is 11.8 Å². The third-order valence-corrected chi connectivity index (χ3v) is 3.51. The van der Waals surface area contributed by atoms with Gasteiger partial charge in [0.05, 0.1) is 13.1 Å². The molecule has 0 atom stereocenters. The molecule has 1 aromatic rings. The maximum Gasteiger partial charge on any atom is 0.273 e. The van der Waals surface area contributed by atoms with Crippen LogP contribution in [0.15, 0.2) is 10.6 Å². The third-order valence-electron chi connectivity index (χ3n) is 3.51. The van der Waals surface area contributed by atoms with E-state index in [1.165, 1.54) is 0 Å². The lowest BCUT2D eigenvalue weighted by Crippen LogP contribution is -2.45. The summed E-state index contributed by atoms with van der Waals surface area (Å²) in [6.07, 6.45) is 0. The number of amides is 2. The van der Waals surface area contributed by atoms with E-state index < -0.39 is 11.8 Å². The molecule has 1 aliphatic heterocycles. The van der Waals surface area contributed by atoms with Crippen LogP contribution in [0, 0.1) is 0 Å². The highest BCUT2D eigenvalue weighted by Gasteiger charge is 2.18. The Morgan fingerprint density at radius 3 is 2.62 bits per heavy atom. The van der Waals surface area contributed by atoms with E-state index in [0.717, 1.165) is 32.7 Å². The fourth-order valence-corrected chi connectivity index (χ4v) is 2.24. The molecule has 21 heavy (non-hydrogen) atoms.